The van der Waals surface area contributed by atoms with Gasteiger partial charge in [-0.15, -0.1) is 5.73 Å². The van der Waals surface area contributed by atoms with Gasteiger partial charge in [-0.05, 0) is 42.3 Å². The van der Waals surface area contributed by atoms with Crippen LogP contribution < -0.4 is 10.1 Å². The Morgan fingerprint density at radius 1 is 1.26 bits per heavy atom. The lowest BCUT2D eigenvalue weighted by molar-refractivity contribution is -0.117. The van der Waals surface area contributed by atoms with Crippen molar-refractivity contribution >= 4 is 5.91 Å². The maximum Gasteiger partial charge on any atom is 0.252 e. The van der Waals surface area contributed by atoms with E-state index in [9.17, 15) is 9.18 Å². The molecule has 1 N–H and O–H groups in total. The minimum absolute atomic E-state index is 0.127. The van der Waals surface area contributed by atoms with Gasteiger partial charge in [0.25, 0.3) is 5.91 Å². The normalized spacial score (nSPS) is 11.2. The number of hydrogen-bond acceptors (Lipinski definition) is 2. The summed E-state index contributed by atoms with van der Waals surface area (Å²) in [5, 5.41) is 2.81. The van der Waals surface area contributed by atoms with Crippen molar-refractivity contribution in [3.8, 4) is 5.75 Å². The lowest BCUT2D eigenvalue weighted by Gasteiger charge is -2.13. The monoisotopic (exact) mass is 311 g/mol. The third-order valence-corrected chi connectivity index (χ3v) is 3.29. The number of halogens is 1. The Balaban J connectivity index is 1.92. The second-order valence-corrected chi connectivity index (χ2v) is 5.06. The number of carbonyl (C=O) groups excluding carboxylic acids is 1. The van der Waals surface area contributed by atoms with Gasteiger partial charge in [-0.2, -0.15) is 0 Å². The smallest absolute Gasteiger partial charge is 0.252 e. The highest BCUT2D eigenvalue weighted by atomic mass is 19.1. The zero-order valence-corrected chi connectivity index (χ0v) is 12.9. The van der Waals surface area contributed by atoms with Crippen LogP contribution in [0, 0.1) is 5.82 Å². The molecule has 1 unspecified atom stereocenters. The summed E-state index contributed by atoms with van der Waals surface area (Å²) in [4.78, 5) is 11.5. The van der Waals surface area contributed by atoms with E-state index in [1.54, 1.807) is 12.1 Å². The Kier molecular flexibility index (Phi) is 5.73. The molecule has 0 aromatic heterocycles. The van der Waals surface area contributed by atoms with Gasteiger partial charge in [0.2, 0.25) is 0 Å². The molecule has 4 heteroatoms. The Labute approximate surface area is 135 Å². The molecule has 2 rings (SSSR count). The van der Waals surface area contributed by atoms with Crippen molar-refractivity contribution in [2.24, 2.45) is 0 Å². The summed E-state index contributed by atoms with van der Waals surface area (Å²) in [6.07, 6.45) is 1.26. The fourth-order valence-corrected chi connectivity index (χ4v) is 2.03. The summed E-state index contributed by atoms with van der Waals surface area (Å²) >= 11 is 0. The summed E-state index contributed by atoms with van der Waals surface area (Å²) in [6.45, 7) is 5.63. The molecule has 0 spiro atoms. The second kappa shape index (κ2) is 7.97. The van der Waals surface area contributed by atoms with E-state index < -0.39 is 0 Å². The van der Waals surface area contributed by atoms with Gasteiger partial charge in [0, 0.05) is 6.08 Å². The van der Waals surface area contributed by atoms with E-state index in [2.05, 4.69) is 17.6 Å². The van der Waals surface area contributed by atoms with Gasteiger partial charge < -0.3 is 10.1 Å². The van der Waals surface area contributed by atoms with E-state index >= 15 is 0 Å². The topological polar surface area (TPSA) is 38.3 Å². The summed E-state index contributed by atoms with van der Waals surface area (Å²) in [6, 6.07) is 13.5. The molecular formula is C19H18FNO2. The van der Waals surface area contributed by atoms with Crippen molar-refractivity contribution in [3.63, 3.8) is 0 Å². The van der Waals surface area contributed by atoms with Gasteiger partial charge in [0.15, 0.2) is 0 Å². The molecule has 3 nitrogen and oxygen atoms in total. The van der Waals surface area contributed by atoms with Crippen LogP contribution in [0.2, 0.25) is 0 Å². The first-order valence-corrected chi connectivity index (χ1v) is 7.22. The molecule has 23 heavy (non-hydrogen) atoms. The van der Waals surface area contributed by atoms with E-state index in [1.807, 2.05) is 31.2 Å². The van der Waals surface area contributed by atoms with Crippen molar-refractivity contribution in [1.82, 2.24) is 5.32 Å². The highest BCUT2D eigenvalue weighted by Gasteiger charge is 2.07. The van der Waals surface area contributed by atoms with E-state index in [1.165, 1.54) is 18.2 Å². The second-order valence-electron chi connectivity index (χ2n) is 5.06. The van der Waals surface area contributed by atoms with Gasteiger partial charge >= 0.3 is 0 Å². The third kappa shape index (κ3) is 5.13. The van der Waals surface area contributed by atoms with Gasteiger partial charge in [-0.25, -0.2) is 4.39 Å². The number of carbonyl (C=O) groups is 1. The van der Waals surface area contributed by atoms with E-state index in [0.717, 1.165) is 11.1 Å². The molecule has 0 heterocycles. The third-order valence-electron chi connectivity index (χ3n) is 3.29. The van der Waals surface area contributed by atoms with E-state index in [0.29, 0.717) is 12.4 Å². The first kappa shape index (κ1) is 16.5. The van der Waals surface area contributed by atoms with Crippen molar-refractivity contribution in [2.45, 2.75) is 19.6 Å². The maximum absolute atomic E-state index is 12.8. The molecule has 0 bridgehead atoms. The SMILES string of the molecule is C=C=CC(=O)NC(C)c1ccc(OCc2ccc(F)cc2)cc1. The zero-order chi connectivity index (χ0) is 16.7. The molecule has 2 aromatic carbocycles. The lowest BCUT2D eigenvalue weighted by Crippen LogP contribution is -2.24. The van der Waals surface area contributed by atoms with Crippen LogP contribution in [-0.4, -0.2) is 5.91 Å². The predicted octanol–water partition coefficient (Wildman–Crippen LogP) is 3.92. The number of rotatable bonds is 6. The average molecular weight is 311 g/mol. The van der Waals surface area contributed by atoms with Crippen molar-refractivity contribution in [3.05, 3.63) is 83.9 Å². The first-order chi connectivity index (χ1) is 11.1. The molecule has 0 saturated heterocycles. The largest absolute Gasteiger partial charge is 0.489 e. The summed E-state index contributed by atoms with van der Waals surface area (Å²) in [5.74, 6) is 0.215. The number of amides is 1. The van der Waals surface area contributed by atoms with Crippen LogP contribution >= 0.6 is 0 Å². The van der Waals surface area contributed by atoms with Crippen LogP contribution in [0.3, 0.4) is 0 Å². The molecule has 1 amide bonds. The van der Waals surface area contributed by atoms with E-state index in [4.69, 9.17) is 4.74 Å². The van der Waals surface area contributed by atoms with Crippen LogP contribution in [0.25, 0.3) is 0 Å². The molecule has 2 aromatic rings. The predicted molar refractivity (Wildman–Crippen MR) is 87.4 cm³/mol. The molecule has 1 atom stereocenters. The van der Waals surface area contributed by atoms with Crippen LogP contribution in [0.1, 0.15) is 24.1 Å². The van der Waals surface area contributed by atoms with Crippen LogP contribution in [0.4, 0.5) is 4.39 Å². The number of ether oxygens (including phenoxy) is 1. The van der Waals surface area contributed by atoms with Gasteiger partial charge in [0.05, 0.1) is 6.04 Å². The molecule has 118 valence electrons. The summed E-state index contributed by atoms with van der Waals surface area (Å²) in [7, 11) is 0. The van der Waals surface area contributed by atoms with Gasteiger partial charge in [-0.3, -0.25) is 4.79 Å². The van der Waals surface area contributed by atoms with Crippen molar-refractivity contribution < 1.29 is 13.9 Å². The zero-order valence-electron chi connectivity index (χ0n) is 12.9. The Morgan fingerprint density at radius 2 is 1.91 bits per heavy atom. The summed E-state index contributed by atoms with van der Waals surface area (Å²) < 4.78 is 18.5. The van der Waals surface area contributed by atoms with Crippen LogP contribution in [0.15, 0.2) is 66.9 Å². The summed E-state index contributed by atoms with van der Waals surface area (Å²) in [5.41, 5.74) is 4.30. The fourth-order valence-electron chi connectivity index (χ4n) is 2.03. The molecule has 0 aliphatic heterocycles. The molecule has 0 radical (unpaired) electrons. The number of nitrogens with one attached hydrogen (secondary N) is 1. The number of benzene rings is 2. The molecule has 0 aliphatic carbocycles. The molecule has 0 saturated carbocycles. The number of hydrogen-bond donors (Lipinski definition) is 1. The van der Waals surface area contributed by atoms with Crippen LogP contribution in [-0.2, 0) is 11.4 Å². The Bertz CT molecular complexity index is 701. The van der Waals surface area contributed by atoms with Crippen molar-refractivity contribution in [1.29, 1.82) is 0 Å². The quantitative estimate of drug-likeness (QED) is 0.648. The highest BCUT2D eigenvalue weighted by molar-refractivity contribution is 5.87. The lowest BCUT2D eigenvalue weighted by atomic mass is 10.1. The minimum Gasteiger partial charge on any atom is -0.489 e. The first-order valence-electron chi connectivity index (χ1n) is 7.22. The maximum atomic E-state index is 12.8. The average Bonchev–Trinajstić information content (AvgIpc) is 2.55. The standard InChI is InChI=1S/C19H18FNO2/c1-3-4-19(22)21-14(2)16-7-11-18(12-8-16)23-13-15-5-9-17(20)10-6-15/h4-12,14H,1,13H2,2H3,(H,21,22). The minimum atomic E-state index is -0.263. The molecular weight excluding hydrogens is 293 g/mol. The van der Waals surface area contributed by atoms with Gasteiger partial charge in [-0.1, -0.05) is 30.8 Å². The fraction of sp³-hybridized carbons (Fsp3) is 0.158. The van der Waals surface area contributed by atoms with E-state index in [-0.39, 0.29) is 17.8 Å². The Morgan fingerprint density at radius 3 is 2.52 bits per heavy atom. The van der Waals surface area contributed by atoms with Crippen molar-refractivity contribution in [2.75, 3.05) is 0 Å². The highest BCUT2D eigenvalue weighted by Crippen LogP contribution is 2.18. The van der Waals surface area contributed by atoms with Crippen LogP contribution in [0.5, 0.6) is 5.75 Å². The Hall–Kier alpha value is -2.84. The molecule has 0 aliphatic rings. The van der Waals surface area contributed by atoms with Gasteiger partial charge in [0.1, 0.15) is 18.2 Å². The molecule has 0 fully saturated rings.